The minimum atomic E-state index is 0.599. The number of fused-ring (bicyclic) bond motifs is 6. The van der Waals surface area contributed by atoms with Crippen LogP contribution in [0.3, 0.4) is 0 Å². The number of aromatic nitrogens is 5. The van der Waals surface area contributed by atoms with Gasteiger partial charge in [0.2, 0.25) is 0 Å². The van der Waals surface area contributed by atoms with Gasteiger partial charge in [-0.25, -0.2) is 19.5 Å². The Hall–Kier alpha value is -8.06. The van der Waals surface area contributed by atoms with Crippen LogP contribution in [0, 0.1) is 0 Å². The maximum atomic E-state index is 5.43. The molecule has 0 saturated heterocycles. The standard InChI is InChI=1S/C56H35N5S/c1-4-15-37(16-5-1)51-52(38-17-6-2-7-18-38)60-61-48(34-42-21-10-11-24-45(42)53(51)61)43-22-14-23-44(33-43)56-58-54(39-19-8-3-9-20-39)57-55(59-56)40-29-27-36(28-30-40)41-31-32-47-46-25-12-13-26-49(46)62-50(47)35-41/h1-35H. The lowest BCUT2D eigenvalue weighted by Crippen LogP contribution is -2.01. The lowest BCUT2D eigenvalue weighted by atomic mass is 9.97. The molecule has 0 spiro atoms. The highest BCUT2D eigenvalue weighted by molar-refractivity contribution is 7.25. The van der Waals surface area contributed by atoms with Gasteiger partial charge in [-0.2, -0.15) is 5.10 Å². The number of benzene rings is 8. The average molecular weight is 810 g/mol. The molecule has 0 aliphatic carbocycles. The maximum Gasteiger partial charge on any atom is 0.164 e. The Morgan fingerprint density at radius 1 is 0.339 bits per heavy atom. The summed E-state index contributed by atoms with van der Waals surface area (Å²) < 4.78 is 4.72. The summed E-state index contributed by atoms with van der Waals surface area (Å²) >= 11 is 1.84. The summed E-state index contributed by atoms with van der Waals surface area (Å²) in [5, 5.41) is 10.3. The Balaban J connectivity index is 0.990. The number of nitrogens with zero attached hydrogens (tertiary/aromatic N) is 5. The number of hydrogen-bond acceptors (Lipinski definition) is 5. The fourth-order valence-electron chi connectivity index (χ4n) is 8.66. The fourth-order valence-corrected chi connectivity index (χ4v) is 9.80. The van der Waals surface area contributed by atoms with Gasteiger partial charge in [-0.15, -0.1) is 11.3 Å². The van der Waals surface area contributed by atoms with Crippen molar-refractivity contribution >= 4 is 47.8 Å². The van der Waals surface area contributed by atoms with Crippen LogP contribution in [-0.4, -0.2) is 24.6 Å². The van der Waals surface area contributed by atoms with Gasteiger partial charge in [0.05, 0.1) is 11.2 Å². The topological polar surface area (TPSA) is 56.0 Å². The SMILES string of the molecule is c1ccc(-c2nc(-c3ccc(-c4ccc5c(c4)sc4ccccc45)cc3)nc(-c3cccc(-c4cc5ccccc5c5c(-c6ccccc6)c(-c6ccccc6)nn45)c3)n2)cc1. The van der Waals surface area contributed by atoms with Crippen molar-refractivity contribution < 1.29 is 0 Å². The van der Waals surface area contributed by atoms with Crippen molar-refractivity contribution in [1.82, 2.24) is 24.6 Å². The molecule has 0 fully saturated rings. The molecule has 0 atom stereocenters. The molecule has 0 aliphatic heterocycles. The van der Waals surface area contributed by atoms with E-state index in [4.69, 9.17) is 20.1 Å². The molecule has 4 aromatic heterocycles. The molecule has 0 radical (unpaired) electrons. The minimum Gasteiger partial charge on any atom is -0.231 e. The normalized spacial score (nSPS) is 11.5. The number of thiophene rings is 1. The average Bonchev–Trinajstić information content (AvgIpc) is 3.94. The Labute approximate surface area is 361 Å². The van der Waals surface area contributed by atoms with Crippen LogP contribution in [0.25, 0.3) is 115 Å². The van der Waals surface area contributed by atoms with Crippen LogP contribution >= 0.6 is 11.3 Å². The van der Waals surface area contributed by atoms with E-state index in [0.717, 1.165) is 72.2 Å². The van der Waals surface area contributed by atoms with Gasteiger partial charge in [0, 0.05) is 58.9 Å². The molecule has 0 aliphatic rings. The summed E-state index contributed by atoms with van der Waals surface area (Å²) in [6.07, 6.45) is 0. The molecule has 4 heterocycles. The van der Waals surface area contributed by atoms with E-state index in [1.807, 2.05) is 47.7 Å². The Morgan fingerprint density at radius 2 is 0.871 bits per heavy atom. The van der Waals surface area contributed by atoms with Crippen molar-refractivity contribution in [3.8, 4) is 78.9 Å². The van der Waals surface area contributed by atoms with Crippen LogP contribution in [-0.2, 0) is 0 Å². The van der Waals surface area contributed by atoms with Gasteiger partial charge in [-0.3, -0.25) is 0 Å². The third-order valence-corrected chi connectivity index (χ3v) is 12.8. The van der Waals surface area contributed by atoms with E-state index in [0.29, 0.717) is 17.5 Å². The lowest BCUT2D eigenvalue weighted by molar-refractivity contribution is 0.979. The first kappa shape index (κ1) is 35.8. The smallest absolute Gasteiger partial charge is 0.164 e. The van der Waals surface area contributed by atoms with Gasteiger partial charge < -0.3 is 0 Å². The first-order valence-corrected chi connectivity index (χ1v) is 21.5. The van der Waals surface area contributed by atoms with E-state index in [9.17, 15) is 0 Å². The van der Waals surface area contributed by atoms with Crippen molar-refractivity contribution in [1.29, 1.82) is 0 Å². The molecule has 0 saturated carbocycles. The molecule has 0 bridgehead atoms. The van der Waals surface area contributed by atoms with Crippen molar-refractivity contribution in [2.24, 2.45) is 0 Å². The highest BCUT2D eigenvalue weighted by atomic mass is 32.1. The van der Waals surface area contributed by atoms with Crippen molar-refractivity contribution in [2.45, 2.75) is 0 Å². The largest absolute Gasteiger partial charge is 0.231 e. The van der Waals surface area contributed by atoms with Gasteiger partial charge in [0.1, 0.15) is 5.69 Å². The zero-order chi connectivity index (χ0) is 41.0. The molecule has 6 heteroatoms. The molecule has 0 N–H and O–H groups in total. The first-order chi connectivity index (χ1) is 30.7. The van der Waals surface area contributed by atoms with E-state index in [1.54, 1.807) is 0 Å². The maximum absolute atomic E-state index is 5.43. The number of rotatable bonds is 7. The monoisotopic (exact) mass is 809 g/mol. The molecule has 12 aromatic rings. The molecular formula is C56H35N5S. The molecule has 62 heavy (non-hydrogen) atoms. The van der Waals surface area contributed by atoms with Crippen LogP contribution in [0.15, 0.2) is 212 Å². The van der Waals surface area contributed by atoms with Gasteiger partial charge in [-0.05, 0) is 46.3 Å². The minimum absolute atomic E-state index is 0.599. The van der Waals surface area contributed by atoms with Crippen LogP contribution in [0.5, 0.6) is 0 Å². The first-order valence-electron chi connectivity index (χ1n) is 20.7. The predicted octanol–water partition coefficient (Wildman–Crippen LogP) is 14.7. The highest BCUT2D eigenvalue weighted by Gasteiger charge is 2.22. The second-order valence-electron chi connectivity index (χ2n) is 15.5. The molecule has 12 rings (SSSR count). The third-order valence-electron chi connectivity index (χ3n) is 11.7. The molecular weight excluding hydrogens is 775 g/mol. The van der Waals surface area contributed by atoms with E-state index >= 15 is 0 Å². The molecule has 0 unspecified atom stereocenters. The van der Waals surface area contributed by atoms with E-state index in [-0.39, 0.29) is 0 Å². The summed E-state index contributed by atoms with van der Waals surface area (Å²) in [6, 6.07) is 74.5. The van der Waals surface area contributed by atoms with E-state index < -0.39 is 0 Å². The third kappa shape index (κ3) is 6.24. The zero-order valence-electron chi connectivity index (χ0n) is 33.4. The Kier molecular flexibility index (Phi) is 8.61. The van der Waals surface area contributed by atoms with Crippen molar-refractivity contribution in [3.63, 3.8) is 0 Å². The van der Waals surface area contributed by atoms with E-state index in [1.165, 1.54) is 25.7 Å². The molecule has 8 aromatic carbocycles. The summed E-state index contributed by atoms with van der Waals surface area (Å²) in [5.41, 5.74) is 12.3. The Morgan fingerprint density at radius 3 is 1.61 bits per heavy atom. The van der Waals surface area contributed by atoms with Crippen LogP contribution in [0.1, 0.15) is 0 Å². The fraction of sp³-hybridized carbons (Fsp3) is 0. The van der Waals surface area contributed by atoms with Gasteiger partial charge in [0.25, 0.3) is 0 Å². The summed E-state index contributed by atoms with van der Waals surface area (Å²) in [7, 11) is 0. The molecule has 0 amide bonds. The summed E-state index contributed by atoms with van der Waals surface area (Å²) in [4.78, 5) is 15.3. The van der Waals surface area contributed by atoms with Crippen LogP contribution < -0.4 is 0 Å². The van der Waals surface area contributed by atoms with E-state index in [2.05, 4.69) is 180 Å². The van der Waals surface area contributed by atoms with Gasteiger partial charge in [-0.1, -0.05) is 188 Å². The predicted molar refractivity (Wildman–Crippen MR) is 257 cm³/mol. The molecule has 290 valence electrons. The summed E-state index contributed by atoms with van der Waals surface area (Å²) in [6.45, 7) is 0. The quantitative estimate of drug-likeness (QED) is 0.161. The van der Waals surface area contributed by atoms with Crippen molar-refractivity contribution in [2.75, 3.05) is 0 Å². The second kappa shape index (κ2) is 14.9. The highest BCUT2D eigenvalue weighted by Crippen LogP contribution is 2.42. The van der Waals surface area contributed by atoms with Gasteiger partial charge >= 0.3 is 0 Å². The van der Waals surface area contributed by atoms with Crippen molar-refractivity contribution in [3.05, 3.63) is 212 Å². The van der Waals surface area contributed by atoms with Crippen LogP contribution in [0.4, 0.5) is 0 Å². The lowest BCUT2D eigenvalue weighted by Gasteiger charge is -2.12. The number of pyridine rings is 1. The number of hydrogen-bond donors (Lipinski definition) is 0. The second-order valence-corrected chi connectivity index (χ2v) is 16.6. The molecule has 5 nitrogen and oxygen atoms in total. The van der Waals surface area contributed by atoms with Crippen LogP contribution in [0.2, 0.25) is 0 Å². The Bertz CT molecular complexity index is 3610. The zero-order valence-corrected chi connectivity index (χ0v) is 34.2. The summed E-state index contributed by atoms with van der Waals surface area (Å²) in [5.74, 6) is 1.84. The van der Waals surface area contributed by atoms with Gasteiger partial charge in [0.15, 0.2) is 17.5 Å².